The Labute approximate surface area is 164 Å². The van der Waals surface area contributed by atoms with Gasteiger partial charge in [-0.3, -0.25) is 14.9 Å². The van der Waals surface area contributed by atoms with Gasteiger partial charge >= 0.3 is 0 Å². The minimum atomic E-state index is -0.538. The highest BCUT2D eigenvalue weighted by molar-refractivity contribution is 6.33. The molecule has 1 saturated carbocycles. The first-order valence-electron chi connectivity index (χ1n) is 8.53. The molecule has 2 aromatic carbocycles. The lowest BCUT2D eigenvalue weighted by Crippen LogP contribution is -2.26. The number of nitrogens with zero attached hydrogens (tertiary/aromatic N) is 1. The van der Waals surface area contributed by atoms with Gasteiger partial charge in [-0.05, 0) is 42.3 Å². The van der Waals surface area contributed by atoms with Crippen molar-refractivity contribution in [3.8, 4) is 11.3 Å². The molecule has 4 rings (SSSR count). The molecular formula is C20H14ClFN2O4. The number of hydrogen-bond donors (Lipinski definition) is 1. The molecule has 1 fully saturated rings. The largest absolute Gasteiger partial charge is 0.451 e. The molecule has 0 radical (unpaired) electrons. The van der Waals surface area contributed by atoms with E-state index in [4.69, 9.17) is 16.0 Å². The second-order valence-corrected chi connectivity index (χ2v) is 6.97. The van der Waals surface area contributed by atoms with Crippen molar-refractivity contribution in [2.45, 2.75) is 18.4 Å². The number of carbonyl (C=O) groups excluding carboxylic acids is 1. The van der Waals surface area contributed by atoms with E-state index in [1.54, 1.807) is 18.2 Å². The second-order valence-electron chi connectivity index (χ2n) is 6.56. The molecule has 28 heavy (non-hydrogen) atoms. The molecule has 1 amide bonds. The highest BCUT2D eigenvalue weighted by atomic mass is 35.5. The lowest BCUT2D eigenvalue weighted by Gasteiger charge is -2.04. The number of halogens is 2. The molecule has 8 heteroatoms. The fourth-order valence-electron chi connectivity index (χ4n) is 3.09. The van der Waals surface area contributed by atoms with Crippen LogP contribution in [0.2, 0.25) is 5.02 Å². The van der Waals surface area contributed by atoms with Gasteiger partial charge in [0.15, 0.2) is 5.76 Å². The van der Waals surface area contributed by atoms with Gasteiger partial charge < -0.3 is 9.73 Å². The van der Waals surface area contributed by atoms with E-state index in [1.165, 1.54) is 36.4 Å². The van der Waals surface area contributed by atoms with Crippen LogP contribution in [0.5, 0.6) is 0 Å². The number of benzene rings is 2. The number of nitro groups is 1. The first kappa shape index (κ1) is 18.2. The monoisotopic (exact) mass is 400 g/mol. The molecule has 0 bridgehead atoms. The van der Waals surface area contributed by atoms with Crippen molar-refractivity contribution < 1.29 is 18.5 Å². The highest BCUT2D eigenvalue weighted by Gasteiger charge is 2.40. The van der Waals surface area contributed by atoms with Gasteiger partial charge in [0.1, 0.15) is 11.6 Å². The van der Waals surface area contributed by atoms with Gasteiger partial charge in [-0.25, -0.2) is 4.39 Å². The summed E-state index contributed by atoms with van der Waals surface area (Å²) in [5.41, 5.74) is 1.31. The van der Waals surface area contributed by atoms with Gasteiger partial charge in [0, 0.05) is 29.7 Å². The summed E-state index contributed by atoms with van der Waals surface area (Å²) in [6.45, 7) is 0. The zero-order valence-corrected chi connectivity index (χ0v) is 15.2. The molecule has 1 aromatic heterocycles. The summed E-state index contributed by atoms with van der Waals surface area (Å²) in [4.78, 5) is 22.7. The Morgan fingerprint density at radius 2 is 1.93 bits per heavy atom. The normalized spacial score (nSPS) is 17.9. The molecule has 0 unspecified atom stereocenters. The summed E-state index contributed by atoms with van der Waals surface area (Å²) < 4.78 is 18.6. The number of non-ortho nitro benzene ring substituents is 1. The van der Waals surface area contributed by atoms with Gasteiger partial charge in [0.25, 0.3) is 11.6 Å². The number of nitro benzene ring substituents is 1. The van der Waals surface area contributed by atoms with Crippen LogP contribution in [-0.2, 0) is 0 Å². The summed E-state index contributed by atoms with van der Waals surface area (Å²) in [6.07, 6.45) is 0.777. The molecule has 1 aliphatic rings. The van der Waals surface area contributed by atoms with Gasteiger partial charge in [0.2, 0.25) is 0 Å². The van der Waals surface area contributed by atoms with Crippen LogP contribution < -0.4 is 5.32 Å². The van der Waals surface area contributed by atoms with Gasteiger partial charge in [-0.15, -0.1) is 0 Å². The Bertz CT molecular complexity index is 1060. The summed E-state index contributed by atoms with van der Waals surface area (Å²) in [5.74, 6) is -0.0369. The van der Waals surface area contributed by atoms with Gasteiger partial charge in [0.05, 0.1) is 9.95 Å². The van der Waals surface area contributed by atoms with Crippen LogP contribution in [0.1, 0.15) is 28.5 Å². The van der Waals surface area contributed by atoms with E-state index in [2.05, 4.69) is 5.32 Å². The Hall–Kier alpha value is -3.19. The van der Waals surface area contributed by atoms with Crippen LogP contribution in [0, 0.1) is 15.9 Å². The summed E-state index contributed by atoms with van der Waals surface area (Å²) in [7, 11) is 0. The van der Waals surface area contributed by atoms with Crippen molar-refractivity contribution in [2.75, 3.05) is 0 Å². The summed E-state index contributed by atoms with van der Waals surface area (Å²) >= 11 is 6.10. The van der Waals surface area contributed by atoms with Crippen LogP contribution in [0.4, 0.5) is 10.1 Å². The molecule has 2 atom stereocenters. The molecule has 0 spiro atoms. The van der Waals surface area contributed by atoms with Crippen LogP contribution in [0.3, 0.4) is 0 Å². The minimum Gasteiger partial charge on any atom is -0.451 e. The Morgan fingerprint density at radius 1 is 1.18 bits per heavy atom. The first-order chi connectivity index (χ1) is 13.4. The highest BCUT2D eigenvalue weighted by Crippen LogP contribution is 2.41. The number of furan rings is 1. The molecule has 0 saturated heterocycles. The zero-order chi connectivity index (χ0) is 19.8. The third kappa shape index (κ3) is 3.61. The lowest BCUT2D eigenvalue weighted by atomic mass is 10.1. The second kappa shape index (κ2) is 7.09. The summed E-state index contributed by atoms with van der Waals surface area (Å²) in [5, 5.41) is 13.8. The maximum absolute atomic E-state index is 13.0. The predicted octanol–water partition coefficient (Wildman–Crippen LogP) is 4.93. The van der Waals surface area contributed by atoms with Crippen molar-refractivity contribution in [3.05, 3.63) is 86.9 Å². The van der Waals surface area contributed by atoms with Crippen LogP contribution >= 0.6 is 11.6 Å². The van der Waals surface area contributed by atoms with Crippen LogP contribution in [0.25, 0.3) is 11.3 Å². The minimum absolute atomic E-state index is 0.0329. The van der Waals surface area contributed by atoms with E-state index >= 15 is 0 Å². The van der Waals surface area contributed by atoms with Crippen LogP contribution in [0.15, 0.2) is 59.0 Å². The third-order valence-corrected chi connectivity index (χ3v) is 4.98. The number of hydrogen-bond acceptors (Lipinski definition) is 4. The van der Waals surface area contributed by atoms with E-state index < -0.39 is 4.92 Å². The average molecular weight is 401 g/mol. The number of amides is 1. The maximum atomic E-state index is 13.0. The zero-order valence-electron chi connectivity index (χ0n) is 14.4. The Morgan fingerprint density at radius 3 is 2.61 bits per heavy atom. The summed E-state index contributed by atoms with van der Waals surface area (Å²) in [6, 6.07) is 13.4. The lowest BCUT2D eigenvalue weighted by molar-refractivity contribution is -0.384. The fourth-order valence-corrected chi connectivity index (χ4v) is 3.36. The van der Waals surface area contributed by atoms with E-state index in [9.17, 15) is 19.3 Å². The molecule has 0 aliphatic heterocycles. The predicted molar refractivity (Wildman–Crippen MR) is 101 cm³/mol. The van der Waals surface area contributed by atoms with E-state index in [0.29, 0.717) is 11.3 Å². The van der Waals surface area contributed by atoms with Crippen molar-refractivity contribution in [1.29, 1.82) is 0 Å². The van der Waals surface area contributed by atoms with Crippen molar-refractivity contribution in [1.82, 2.24) is 5.32 Å². The number of carbonyl (C=O) groups is 1. The number of nitrogens with one attached hydrogen (secondary N) is 1. The molecule has 1 N–H and O–H groups in total. The molecule has 142 valence electrons. The third-order valence-electron chi connectivity index (χ3n) is 4.66. The van der Waals surface area contributed by atoms with E-state index in [1.807, 2.05) is 0 Å². The smallest absolute Gasteiger partial charge is 0.287 e. The van der Waals surface area contributed by atoms with Crippen molar-refractivity contribution >= 4 is 23.2 Å². The average Bonchev–Trinajstić information content (AvgIpc) is 3.25. The fraction of sp³-hybridized carbons (Fsp3) is 0.150. The topological polar surface area (TPSA) is 85.4 Å². The standard InChI is InChI=1S/C20H14ClFN2O4/c21-16-9-13(24(26)27)5-6-14(16)18-7-8-19(28-18)20(25)23-17-10-15(17)11-1-3-12(22)4-2-11/h1-9,15,17H,10H2,(H,23,25)/t15-,17+/m0/s1. The van der Waals surface area contributed by atoms with Gasteiger partial charge in [-0.1, -0.05) is 23.7 Å². The molecule has 6 nitrogen and oxygen atoms in total. The van der Waals surface area contributed by atoms with Crippen molar-refractivity contribution in [3.63, 3.8) is 0 Å². The molecular weight excluding hydrogens is 387 g/mol. The molecule has 1 aliphatic carbocycles. The Kier molecular flexibility index (Phi) is 4.60. The first-order valence-corrected chi connectivity index (χ1v) is 8.90. The van der Waals surface area contributed by atoms with Crippen molar-refractivity contribution in [2.24, 2.45) is 0 Å². The Balaban J connectivity index is 1.44. The maximum Gasteiger partial charge on any atom is 0.287 e. The number of rotatable bonds is 5. The van der Waals surface area contributed by atoms with Crippen LogP contribution in [-0.4, -0.2) is 16.9 Å². The van der Waals surface area contributed by atoms with Gasteiger partial charge in [-0.2, -0.15) is 0 Å². The molecule has 3 aromatic rings. The quantitative estimate of drug-likeness (QED) is 0.486. The SMILES string of the molecule is O=C(N[C@@H]1C[C@H]1c1ccc(F)cc1)c1ccc(-c2ccc([N+](=O)[O-])cc2Cl)o1. The van der Waals surface area contributed by atoms with E-state index in [-0.39, 0.29) is 40.2 Å². The van der Waals surface area contributed by atoms with E-state index in [0.717, 1.165) is 12.0 Å². The molecule has 1 heterocycles.